The summed E-state index contributed by atoms with van der Waals surface area (Å²) in [4.78, 5) is 36.1. The molecule has 0 bridgehead atoms. The minimum atomic E-state index is -0.442. The first-order valence-electron chi connectivity index (χ1n) is 6.91. The Morgan fingerprint density at radius 3 is 2.57 bits per heavy atom. The Morgan fingerprint density at radius 2 is 1.74 bits per heavy atom. The molecule has 3 amide bonds. The fraction of sp³-hybridized carbons (Fsp3) is 0. The minimum absolute atomic E-state index is 0.240. The Labute approximate surface area is 134 Å². The molecule has 0 atom stereocenters. The van der Waals surface area contributed by atoms with Crippen molar-refractivity contribution in [1.29, 1.82) is 0 Å². The van der Waals surface area contributed by atoms with Crippen LogP contribution in [0.15, 0.2) is 48.5 Å². The van der Waals surface area contributed by atoms with Gasteiger partial charge in [-0.25, -0.2) is 0 Å². The molecule has 23 heavy (non-hydrogen) atoms. The van der Waals surface area contributed by atoms with E-state index in [9.17, 15) is 14.4 Å². The maximum atomic E-state index is 12.4. The molecule has 2 N–H and O–H groups in total. The number of hydrogen-bond donors (Lipinski definition) is 2. The van der Waals surface area contributed by atoms with Crippen LogP contribution in [0.3, 0.4) is 0 Å². The Bertz CT molecular complexity index is 957. The van der Waals surface area contributed by atoms with E-state index in [0.29, 0.717) is 16.1 Å². The largest absolute Gasteiger partial charge is 0.321 e. The highest BCUT2D eigenvalue weighted by Crippen LogP contribution is 2.26. The molecular formula is C17H10N2O3S. The van der Waals surface area contributed by atoms with Crippen molar-refractivity contribution in [3.8, 4) is 0 Å². The van der Waals surface area contributed by atoms with Gasteiger partial charge in [-0.2, -0.15) is 0 Å². The van der Waals surface area contributed by atoms with Crippen molar-refractivity contribution in [1.82, 2.24) is 5.32 Å². The van der Waals surface area contributed by atoms with Crippen molar-refractivity contribution in [2.24, 2.45) is 0 Å². The molecule has 112 valence electrons. The highest BCUT2D eigenvalue weighted by molar-refractivity contribution is 7.20. The fourth-order valence-corrected chi connectivity index (χ4v) is 3.49. The van der Waals surface area contributed by atoms with Gasteiger partial charge in [0, 0.05) is 10.4 Å². The second-order valence-corrected chi connectivity index (χ2v) is 6.23. The molecule has 2 aromatic carbocycles. The topological polar surface area (TPSA) is 75.3 Å². The van der Waals surface area contributed by atoms with Crippen LogP contribution in [0.2, 0.25) is 0 Å². The van der Waals surface area contributed by atoms with Gasteiger partial charge in [-0.05, 0) is 35.7 Å². The van der Waals surface area contributed by atoms with Crippen LogP contribution in [0.4, 0.5) is 5.69 Å². The van der Waals surface area contributed by atoms with Gasteiger partial charge in [0.05, 0.1) is 16.0 Å². The van der Waals surface area contributed by atoms with Crippen molar-refractivity contribution in [3.63, 3.8) is 0 Å². The molecular weight excluding hydrogens is 312 g/mol. The SMILES string of the molecule is O=C(Nc1ccc2c(c1)C(=O)NC2=O)c1cc2ccccc2s1. The molecule has 1 aliphatic heterocycles. The average Bonchev–Trinajstić information content (AvgIpc) is 3.09. The fourth-order valence-electron chi connectivity index (χ4n) is 2.53. The monoisotopic (exact) mass is 322 g/mol. The Kier molecular flexibility index (Phi) is 2.99. The zero-order valence-electron chi connectivity index (χ0n) is 11.8. The summed E-state index contributed by atoms with van der Waals surface area (Å²) >= 11 is 1.41. The van der Waals surface area contributed by atoms with Crippen LogP contribution in [-0.2, 0) is 0 Å². The average molecular weight is 322 g/mol. The predicted molar refractivity (Wildman–Crippen MR) is 88.0 cm³/mol. The van der Waals surface area contributed by atoms with Gasteiger partial charge in [0.25, 0.3) is 17.7 Å². The van der Waals surface area contributed by atoms with Gasteiger partial charge in [-0.1, -0.05) is 18.2 Å². The highest BCUT2D eigenvalue weighted by atomic mass is 32.1. The number of anilines is 1. The third-order valence-corrected chi connectivity index (χ3v) is 4.76. The van der Waals surface area contributed by atoms with E-state index in [4.69, 9.17) is 0 Å². The number of hydrogen-bond acceptors (Lipinski definition) is 4. The quantitative estimate of drug-likeness (QED) is 0.712. The maximum absolute atomic E-state index is 12.4. The van der Waals surface area contributed by atoms with E-state index in [2.05, 4.69) is 10.6 Å². The van der Waals surface area contributed by atoms with Gasteiger partial charge >= 0.3 is 0 Å². The number of benzene rings is 2. The summed E-state index contributed by atoms with van der Waals surface area (Å²) in [7, 11) is 0. The maximum Gasteiger partial charge on any atom is 0.265 e. The van der Waals surface area contributed by atoms with E-state index >= 15 is 0 Å². The summed E-state index contributed by atoms with van der Waals surface area (Å²) in [5.74, 6) is -1.09. The summed E-state index contributed by atoms with van der Waals surface area (Å²) < 4.78 is 1.04. The number of nitrogens with one attached hydrogen (secondary N) is 2. The lowest BCUT2D eigenvalue weighted by molar-refractivity contribution is 0.0878. The van der Waals surface area contributed by atoms with E-state index in [0.717, 1.165) is 10.1 Å². The predicted octanol–water partition coefficient (Wildman–Crippen LogP) is 3.04. The van der Waals surface area contributed by atoms with Gasteiger partial charge in [-0.15, -0.1) is 11.3 Å². The molecule has 0 saturated carbocycles. The zero-order valence-corrected chi connectivity index (χ0v) is 12.6. The molecule has 0 radical (unpaired) electrons. The lowest BCUT2D eigenvalue weighted by Crippen LogP contribution is -2.19. The summed E-state index contributed by atoms with van der Waals surface area (Å²) in [6.07, 6.45) is 0. The van der Waals surface area contributed by atoms with Crippen LogP contribution in [0.25, 0.3) is 10.1 Å². The van der Waals surface area contributed by atoms with Crippen molar-refractivity contribution < 1.29 is 14.4 Å². The molecule has 1 aromatic heterocycles. The van der Waals surface area contributed by atoms with Crippen LogP contribution in [0, 0.1) is 0 Å². The number of amides is 3. The molecule has 0 spiro atoms. The van der Waals surface area contributed by atoms with Gasteiger partial charge < -0.3 is 5.32 Å². The zero-order chi connectivity index (χ0) is 16.0. The van der Waals surface area contributed by atoms with Crippen LogP contribution < -0.4 is 10.6 Å². The van der Waals surface area contributed by atoms with Crippen molar-refractivity contribution >= 4 is 44.8 Å². The second kappa shape index (κ2) is 5.03. The van der Waals surface area contributed by atoms with E-state index in [-0.39, 0.29) is 11.5 Å². The molecule has 6 heteroatoms. The van der Waals surface area contributed by atoms with E-state index in [1.54, 1.807) is 6.07 Å². The lowest BCUT2D eigenvalue weighted by atomic mass is 10.1. The second-order valence-electron chi connectivity index (χ2n) is 5.15. The molecule has 0 unspecified atom stereocenters. The van der Waals surface area contributed by atoms with E-state index in [1.165, 1.54) is 23.5 Å². The van der Waals surface area contributed by atoms with Gasteiger partial charge in [0.2, 0.25) is 0 Å². The molecule has 2 heterocycles. The molecule has 0 aliphatic carbocycles. The number of fused-ring (bicyclic) bond motifs is 2. The van der Waals surface area contributed by atoms with Gasteiger partial charge in [-0.3, -0.25) is 19.7 Å². The number of imide groups is 1. The van der Waals surface area contributed by atoms with Crippen LogP contribution in [0.1, 0.15) is 30.4 Å². The first-order chi connectivity index (χ1) is 11.1. The molecule has 3 aromatic rings. The summed E-state index contributed by atoms with van der Waals surface area (Å²) in [5.41, 5.74) is 1.09. The van der Waals surface area contributed by atoms with Gasteiger partial charge in [0.1, 0.15) is 0 Å². The third kappa shape index (κ3) is 2.29. The molecule has 4 rings (SSSR count). The Morgan fingerprint density at radius 1 is 0.957 bits per heavy atom. The number of carbonyl (C=O) groups excluding carboxylic acids is 3. The van der Waals surface area contributed by atoms with Crippen molar-refractivity contribution in [3.05, 3.63) is 64.5 Å². The highest BCUT2D eigenvalue weighted by Gasteiger charge is 2.26. The smallest absolute Gasteiger partial charge is 0.265 e. The number of thiophene rings is 1. The Hall–Kier alpha value is -2.99. The first kappa shape index (κ1) is 13.7. The van der Waals surface area contributed by atoms with Crippen LogP contribution in [-0.4, -0.2) is 17.7 Å². The van der Waals surface area contributed by atoms with Crippen molar-refractivity contribution in [2.45, 2.75) is 0 Å². The lowest BCUT2D eigenvalue weighted by Gasteiger charge is -2.04. The van der Waals surface area contributed by atoms with E-state index < -0.39 is 11.8 Å². The number of carbonyl (C=O) groups is 3. The normalized spacial score (nSPS) is 13.0. The standard InChI is InChI=1S/C17H10N2O3S/c20-15-11-6-5-10(8-12(11)16(21)19-15)18-17(22)14-7-9-3-1-2-4-13(9)23-14/h1-8H,(H,18,22)(H,19,20,21). The summed E-state index contributed by atoms with van der Waals surface area (Å²) in [6.45, 7) is 0. The van der Waals surface area contributed by atoms with Crippen LogP contribution in [0.5, 0.6) is 0 Å². The van der Waals surface area contributed by atoms with Gasteiger partial charge in [0.15, 0.2) is 0 Å². The van der Waals surface area contributed by atoms with Crippen molar-refractivity contribution in [2.75, 3.05) is 5.32 Å². The molecule has 0 saturated heterocycles. The molecule has 0 fully saturated rings. The van der Waals surface area contributed by atoms with Crippen LogP contribution >= 0.6 is 11.3 Å². The first-order valence-corrected chi connectivity index (χ1v) is 7.73. The molecule has 1 aliphatic rings. The molecule has 5 nitrogen and oxygen atoms in total. The number of rotatable bonds is 2. The summed E-state index contributed by atoms with van der Waals surface area (Å²) in [5, 5.41) is 6.00. The Balaban J connectivity index is 1.63. The third-order valence-electron chi connectivity index (χ3n) is 3.64. The van der Waals surface area contributed by atoms with E-state index in [1.807, 2.05) is 30.3 Å². The minimum Gasteiger partial charge on any atom is -0.321 e. The summed E-state index contributed by atoms with van der Waals surface area (Å²) in [6, 6.07) is 14.3.